The van der Waals surface area contributed by atoms with Crippen molar-refractivity contribution in [2.45, 2.75) is 76.5 Å². The molecule has 4 unspecified atom stereocenters. The number of aliphatic hydroxyl groups excluding tert-OH is 1. The van der Waals surface area contributed by atoms with Gasteiger partial charge in [0.25, 0.3) is 0 Å². The summed E-state index contributed by atoms with van der Waals surface area (Å²) in [6, 6.07) is -4.50. The van der Waals surface area contributed by atoms with Gasteiger partial charge in [-0.05, 0) is 51.0 Å². The Labute approximate surface area is 205 Å². The number of hydrogen-bond donors (Lipinski definition) is 9. The molecule has 13 N–H and O–H groups in total. The number of amides is 3. The number of nitrogens with one attached hydrogen (secondary N) is 3. The van der Waals surface area contributed by atoms with Crippen molar-refractivity contribution in [1.82, 2.24) is 16.0 Å². The van der Waals surface area contributed by atoms with Crippen LogP contribution in [-0.4, -0.2) is 83.7 Å². The second kappa shape index (κ2) is 17.5. The predicted octanol–water partition coefficient (Wildman–Crippen LogP) is -2.93. The van der Waals surface area contributed by atoms with E-state index >= 15 is 0 Å². The molecule has 0 bridgehead atoms. The highest BCUT2D eigenvalue weighted by molar-refractivity contribution is 5.94. The minimum absolute atomic E-state index is 0.0159. The van der Waals surface area contributed by atoms with Gasteiger partial charge in [0.05, 0.1) is 6.61 Å². The molecule has 0 rings (SSSR count). The predicted molar refractivity (Wildman–Crippen MR) is 131 cm³/mol. The number of guanidine groups is 1. The molecular formula is C21H42N8O6. The Bertz CT molecular complexity index is 714. The molecule has 14 heteroatoms. The molecule has 0 aromatic carbocycles. The number of nitrogens with zero attached hydrogens (tertiary/aromatic N) is 1. The van der Waals surface area contributed by atoms with Gasteiger partial charge in [-0.15, -0.1) is 0 Å². The van der Waals surface area contributed by atoms with Crippen LogP contribution in [0.15, 0.2) is 4.99 Å². The second-order valence-electron chi connectivity index (χ2n) is 8.67. The topological polar surface area (TPSA) is 261 Å². The van der Waals surface area contributed by atoms with Gasteiger partial charge in [0.15, 0.2) is 5.96 Å². The van der Waals surface area contributed by atoms with Gasteiger partial charge < -0.3 is 49.1 Å². The number of hydrogen-bond acceptors (Lipinski definition) is 8. The Hall–Kier alpha value is -2.97. The van der Waals surface area contributed by atoms with Crippen LogP contribution in [0.2, 0.25) is 0 Å². The number of aliphatic imine (C=N–C) groups is 1. The minimum Gasteiger partial charge on any atom is -0.480 e. The maximum atomic E-state index is 13.0. The lowest BCUT2D eigenvalue weighted by atomic mass is 10.0. The van der Waals surface area contributed by atoms with E-state index in [9.17, 15) is 24.3 Å². The van der Waals surface area contributed by atoms with Crippen LogP contribution in [-0.2, 0) is 19.2 Å². The van der Waals surface area contributed by atoms with E-state index in [1.165, 1.54) is 0 Å². The van der Waals surface area contributed by atoms with Crippen molar-refractivity contribution in [2.75, 3.05) is 19.7 Å². The molecule has 0 saturated heterocycles. The monoisotopic (exact) mass is 502 g/mol. The number of rotatable bonds is 18. The van der Waals surface area contributed by atoms with E-state index in [4.69, 9.17) is 28.0 Å². The molecule has 0 aliphatic heterocycles. The first-order valence-corrected chi connectivity index (χ1v) is 11.7. The zero-order chi connectivity index (χ0) is 27.0. The highest BCUT2D eigenvalue weighted by Gasteiger charge is 2.30. The smallest absolute Gasteiger partial charge is 0.326 e. The molecule has 14 nitrogen and oxygen atoms in total. The van der Waals surface area contributed by atoms with Crippen LogP contribution in [0, 0.1) is 5.92 Å². The van der Waals surface area contributed by atoms with Gasteiger partial charge in [-0.25, -0.2) is 4.79 Å². The third kappa shape index (κ3) is 14.1. The quantitative estimate of drug-likeness (QED) is 0.0523. The Morgan fingerprint density at radius 1 is 0.857 bits per heavy atom. The standard InChI is InChI=1S/C21H42N8O6/c1-12(2)10-16(20(34)35)29-19(33)14(6-3-4-8-22)28-18(32)15(7-5-9-26-21(24)25)27-17(31)13(23)11-30/h12-16,30H,3-11,22-23H2,1-2H3,(H,27,31)(H,28,32)(H,29,33)(H,34,35)(H4,24,25,26). The molecule has 3 amide bonds. The van der Waals surface area contributed by atoms with Crippen molar-refractivity contribution < 1.29 is 29.4 Å². The Kier molecular flexibility index (Phi) is 16.0. The molecule has 202 valence electrons. The van der Waals surface area contributed by atoms with Gasteiger partial charge in [0.1, 0.15) is 24.2 Å². The molecule has 0 aromatic rings. The summed E-state index contributed by atoms with van der Waals surface area (Å²) in [5.74, 6) is -3.35. The maximum absolute atomic E-state index is 13.0. The summed E-state index contributed by atoms with van der Waals surface area (Å²) in [7, 11) is 0. The SMILES string of the molecule is CC(C)CC(NC(=O)C(CCCCN)NC(=O)C(CCCN=C(N)N)NC(=O)C(N)CO)C(=O)O. The maximum Gasteiger partial charge on any atom is 0.326 e. The Balaban J connectivity index is 5.55. The van der Waals surface area contributed by atoms with Crippen LogP contribution in [0.3, 0.4) is 0 Å². The van der Waals surface area contributed by atoms with Crippen molar-refractivity contribution in [3.8, 4) is 0 Å². The fourth-order valence-corrected chi connectivity index (χ4v) is 3.13. The molecule has 0 radical (unpaired) electrons. The average Bonchev–Trinajstić information content (AvgIpc) is 2.78. The number of carboxylic acids is 1. The van der Waals surface area contributed by atoms with Crippen LogP contribution in [0.25, 0.3) is 0 Å². The van der Waals surface area contributed by atoms with E-state index in [-0.39, 0.29) is 37.7 Å². The Morgan fingerprint density at radius 3 is 1.83 bits per heavy atom. The second-order valence-corrected chi connectivity index (χ2v) is 8.67. The lowest BCUT2D eigenvalue weighted by Gasteiger charge is -2.25. The number of carbonyl (C=O) groups is 4. The fraction of sp³-hybridized carbons (Fsp3) is 0.762. The largest absolute Gasteiger partial charge is 0.480 e. The van der Waals surface area contributed by atoms with Crippen LogP contribution in [0.1, 0.15) is 52.4 Å². The minimum atomic E-state index is -1.24. The van der Waals surface area contributed by atoms with Gasteiger partial charge in [-0.2, -0.15) is 0 Å². The van der Waals surface area contributed by atoms with E-state index in [1.54, 1.807) is 0 Å². The van der Waals surface area contributed by atoms with Gasteiger partial charge in [-0.1, -0.05) is 13.8 Å². The number of unbranched alkanes of at least 4 members (excludes halogenated alkanes) is 1. The van der Waals surface area contributed by atoms with Gasteiger partial charge in [0, 0.05) is 6.54 Å². The zero-order valence-corrected chi connectivity index (χ0v) is 20.5. The molecule has 0 saturated carbocycles. The van der Waals surface area contributed by atoms with Gasteiger partial charge >= 0.3 is 5.97 Å². The van der Waals surface area contributed by atoms with Crippen molar-refractivity contribution in [3.63, 3.8) is 0 Å². The fourth-order valence-electron chi connectivity index (χ4n) is 3.13. The van der Waals surface area contributed by atoms with E-state index < -0.39 is 54.5 Å². The van der Waals surface area contributed by atoms with Crippen LogP contribution in [0.5, 0.6) is 0 Å². The van der Waals surface area contributed by atoms with Crippen molar-refractivity contribution in [2.24, 2.45) is 33.8 Å². The molecule has 0 heterocycles. The van der Waals surface area contributed by atoms with Gasteiger partial charge in [0.2, 0.25) is 17.7 Å². The normalized spacial score (nSPS) is 14.3. The van der Waals surface area contributed by atoms with Crippen molar-refractivity contribution in [1.29, 1.82) is 0 Å². The highest BCUT2D eigenvalue weighted by atomic mass is 16.4. The van der Waals surface area contributed by atoms with Gasteiger partial charge in [-0.3, -0.25) is 19.4 Å². The third-order valence-corrected chi connectivity index (χ3v) is 5.01. The summed E-state index contributed by atoms with van der Waals surface area (Å²) >= 11 is 0. The van der Waals surface area contributed by atoms with E-state index in [1.807, 2.05) is 13.8 Å². The molecule has 4 atom stereocenters. The lowest BCUT2D eigenvalue weighted by Crippen LogP contribution is -2.57. The lowest BCUT2D eigenvalue weighted by molar-refractivity contribution is -0.142. The van der Waals surface area contributed by atoms with Crippen LogP contribution < -0.4 is 38.9 Å². The highest BCUT2D eigenvalue weighted by Crippen LogP contribution is 2.08. The number of aliphatic carboxylic acids is 1. The molecule has 0 fully saturated rings. The number of carbonyl (C=O) groups excluding carboxylic acids is 3. The van der Waals surface area contributed by atoms with Crippen LogP contribution in [0.4, 0.5) is 0 Å². The number of aliphatic hydroxyl groups is 1. The summed E-state index contributed by atoms with van der Waals surface area (Å²) in [4.78, 5) is 53.5. The molecule has 0 spiro atoms. The number of nitrogens with two attached hydrogens (primary N) is 4. The average molecular weight is 503 g/mol. The van der Waals surface area contributed by atoms with E-state index in [2.05, 4.69) is 20.9 Å². The summed E-state index contributed by atoms with van der Waals surface area (Å²) in [5, 5.41) is 26.1. The first-order valence-electron chi connectivity index (χ1n) is 11.7. The van der Waals surface area contributed by atoms with E-state index in [0.717, 1.165) is 0 Å². The molecule has 0 aromatic heterocycles. The Morgan fingerprint density at radius 2 is 1.37 bits per heavy atom. The van der Waals surface area contributed by atoms with Crippen molar-refractivity contribution >= 4 is 29.7 Å². The molecule has 35 heavy (non-hydrogen) atoms. The first-order chi connectivity index (χ1) is 16.4. The van der Waals surface area contributed by atoms with E-state index in [0.29, 0.717) is 25.8 Å². The molecule has 0 aliphatic rings. The zero-order valence-electron chi connectivity index (χ0n) is 20.5. The third-order valence-electron chi connectivity index (χ3n) is 5.01. The summed E-state index contributed by atoms with van der Waals surface area (Å²) < 4.78 is 0. The molecular weight excluding hydrogens is 460 g/mol. The molecule has 0 aliphatic carbocycles. The first kappa shape index (κ1) is 32.0. The summed E-state index contributed by atoms with van der Waals surface area (Å²) in [6.07, 6.45) is 1.98. The summed E-state index contributed by atoms with van der Waals surface area (Å²) in [6.45, 7) is 3.62. The number of carboxylic acid groups (broad SMARTS) is 1. The van der Waals surface area contributed by atoms with Crippen molar-refractivity contribution in [3.05, 3.63) is 0 Å². The van der Waals surface area contributed by atoms with Crippen LogP contribution >= 0.6 is 0 Å². The summed E-state index contributed by atoms with van der Waals surface area (Å²) in [5.41, 5.74) is 21.6.